The molecule has 0 rings (SSSR count). The molecular formula is C16H30F3NO3S. The lowest BCUT2D eigenvalue weighted by Gasteiger charge is -2.31. The van der Waals surface area contributed by atoms with E-state index in [9.17, 15) is 22.2 Å². The molecule has 8 heteroatoms. The summed E-state index contributed by atoms with van der Waals surface area (Å²) in [5, 5.41) is 0. The van der Waals surface area contributed by atoms with Gasteiger partial charge in [-0.05, 0) is 39.0 Å². The molecule has 3 atom stereocenters. The van der Waals surface area contributed by atoms with Gasteiger partial charge in [0.25, 0.3) is 0 Å². The number of hydrogen-bond donors (Lipinski definition) is 1. The molecule has 0 aliphatic carbocycles. The fraction of sp³-hybridized carbons (Fsp3) is 0.938. The number of nitrogens with one attached hydrogen (secondary N) is 1. The van der Waals surface area contributed by atoms with Crippen LogP contribution in [0.25, 0.3) is 0 Å². The molecule has 144 valence electrons. The number of ether oxygens (including phenoxy) is 1. The minimum atomic E-state index is -4.71. The van der Waals surface area contributed by atoms with Gasteiger partial charge in [-0.3, -0.25) is 4.79 Å². The molecule has 0 fully saturated rings. The smallest absolute Gasteiger partial charge is 0.405 e. The molecule has 0 spiro atoms. The molecule has 0 aromatic rings. The minimum absolute atomic E-state index is 0.00452. The van der Waals surface area contributed by atoms with Crippen molar-refractivity contribution >= 4 is 17.0 Å². The average Bonchev–Trinajstić information content (AvgIpc) is 2.36. The first-order chi connectivity index (χ1) is 10.7. The van der Waals surface area contributed by atoms with E-state index >= 15 is 0 Å². The first-order valence-corrected chi connectivity index (χ1v) is 9.22. The molecule has 0 aliphatic heterocycles. The summed E-state index contributed by atoms with van der Waals surface area (Å²) in [4.78, 5) is 12.2. The van der Waals surface area contributed by atoms with Gasteiger partial charge in [-0.25, -0.2) is 8.93 Å². The Kier molecular flexibility index (Phi) is 8.93. The second kappa shape index (κ2) is 9.17. The van der Waals surface area contributed by atoms with E-state index in [-0.39, 0.29) is 24.9 Å². The summed E-state index contributed by atoms with van der Waals surface area (Å²) >= 11 is 0. The predicted octanol–water partition coefficient (Wildman–Crippen LogP) is 3.83. The molecule has 0 bridgehead atoms. The van der Waals surface area contributed by atoms with Gasteiger partial charge in [-0.2, -0.15) is 13.2 Å². The van der Waals surface area contributed by atoms with Crippen LogP contribution in [0, 0.1) is 17.8 Å². The van der Waals surface area contributed by atoms with Crippen LogP contribution in [0.4, 0.5) is 13.2 Å². The third-order valence-electron chi connectivity index (χ3n) is 3.13. The number of carbonyl (C=O) groups excluding carboxylic acids is 1. The first-order valence-electron chi connectivity index (χ1n) is 8.07. The van der Waals surface area contributed by atoms with E-state index in [1.807, 2.05) is 0 Å². The zero-order valence-corrected chi connectivity index (χ0v) is 16.3. The summed E-state index contributed by atoms with van der Waals surface area (Å²) in [5.41, 5.74) is 0. The van der Waals surface area contributed by atoms with Crippen molar-refractivity contribution in [2.45, 2.75) is 71.9 Å². The number of rotatable bonds is 8. The van der Waals surface area contributed by atoms with Crippen molar-refractivity contribution in [3.8, 4) is 0 Å². The van der Waals surface area contributed by atoms with Crippen molar-refractivity contribution in [2.75, 3.05) is 6.61 Å². The Morgan fingerprint density at radius 2 is 1.58 bits per heavy atom. The molecule has 0 aromatic carbocycles. The monoisotopic (exact) mass is 373 g/mol. The number of hydrogen-bond acceptors (Lipinski definition) is 3. The number of halogens is 3. The molecule has 0 amide bonds. The zero-order chi connectivity index (χ0) is 19.3. The van der Waals surface area contributed by atoms with Crippen LogP contribution in [-0.4, -0.2) is 33.8 Å². The van der Waals surface area contributed by atoms with Gasteiger partial charge in [0.1, 0.15) is 6.04 Å². The Labute approximate surface area is 145 Å². The lowest BCUT2D eigenvalue weighted by molar-refractivity contribution is -0.180. The molecule has 1 N–H and O–H groups in total. The maximum Gasteiger partial charge on any atom is 0.405 e. The van der Waals surface area contributed by atoms with Crippen LogP contribution in [0.3, 0.4) is 0 Å². The lowest BCUT2D eigenvalue weighted by Crippen LogP contribution is -2.54. The fourth-order valence-electron chi connectivity index (χ4n) is 1.90. The largest absolute Gasteiger partial charge is 0.465 e. The second-order valence-electron chi connectivity index (χ2n) is 7.78. The van der Waals surface area contributed by atoms with E-state index in [2.05, 4.69) is 4.72 Å². The van der Waals surface area contributed by atoms with E-state index in [1.54, 1.807) is 48.5 Å². The summed E-state index contributed by atoms with van der Waals surface area (Å²) in [6, 6.07) is -2.21. The maximum atomic E-state index is 13.5. The topological polar surface area (TPSA) is 55.4 Å². The van der Waals surface area contributed by atoms with Crippen LogP contribution < -0.4 is 4.72 Å². The average molecular weight is 373 g/mol. The SMILES string of the molecule is CC(C)COC(=O)[C@@H](CC(C)C)[C@H](N[S@@](=O)C(C)(C)C)C(F)(F)F. The number of esters is 1. The van der Waals surface area contributed by atoms with Gasteiger partial charge in [-0.1, -0.05) is 27.7 Å². The first kappa shape index (κ1) is 23.4. The molecular weight excluding hydrogens is 343 g/mol. The fourth-order valence-corrected chi connectivity index (χ4v) is 2.78. The van der Waals surface area contributed by atoms with Gasteiger partial charge < -0.3 is 4.74 Å². The van der Waals surface area contributed by atoms with E-state index in [0.29, 0.717) is 0 Å². The van der Waals surface area contributed by atoms with E-state index < -0.39 is 39.8 Å². The Hall–Kier alpha value is -0.630. The predicted molar refractivity (Wildman–Crippen MR) is 89.6 cm³/mol. The third-order valence-corrected chi connectivity index (χ3v) is 4.71. The highest BCUT2D eigenvalue weighted by atomic mass is 32.2. The number of carbonyl (C=O) groups is 1. The Morgan fingerprint density at radius 1 is 1.08 bits per heavy atom. The Bertz CT molecular complexity index is 431. The van der Waals surface area contributed by atoms with Gasteiger partial charge in [0, 0.05) is 0 Å². The Morgan fingerprint density at radius 3 is 1.92 bits per heavy atom. The summed E-state index contributed by atoms with van der Waals surface area (Å²) < 4.78 is 59.0. The van der Waals surface area contributed by atoms with Crippen LogP contribution in [0.1, 0.15) is 54.9 Å². The van der Waals surface area contributed by atoms with Crippen molar-refractivity contribution in [3.05, 3.63) is 0 Å². The van der Waals surface area contributed by atoms with Crippen LogP contribution in [0.15, 0.2) is 0 Å². The lowest BCUT2D eigenvalue weighted by atomic mass is 9.90. The van der Waals surface area contributed by atoms with E-state index in [1.165, 1.54) is 0 Å². The summed E-state index contributed by atoms with van der Waals surface area (Å²) in [6.07, 6.45) is -4.72. The molecule has 0 saturated heterocycles. The molecule has 0 saturated carbocycles. The van der Waals surface area contributed by atoms with Crippen molar-refractivity contribution < 1.29 is 26.9 Å². The zero-order valence-electron chi connectivity index (χ0n) is 15.5. The van der Waals surface area contributed by atoms with Gasteiger partial charge in [0.15, 0.2) is 0 Å². The highest BCUT2D eigenvalue weighted by Gasteiger charge is 2.49. The van der Waals surface area contributed by atoms with E-state index in [0.717, 1.165) is 0 Å². The molecule has 0 aromatic heterocycles. The number of alkyl halides is 3. The summed E-state index contributed by atoms with van der Waals surface area (Å²) in [6.45, 7) is 11.8. The van der Waals surface area contributed by atoms with Crippen molar-refractivity contribution in [2.24, 2.45) is 17.8 Å². The minimum Gasteiger partial charge on any atom is -0.465 e. The van der Waals surface area contributed by atoms with Crippen LogP contribution in [0.5, 0.6) is 0 Å². The molecule has 0 aliphatic rings. The summed E-state index contributed by atoms with van der Waals surface area (Å²) in [7, 11) is -1.96. The molecule has 0 unspecified atom stereocenters. The molecule has 0 radical (unpaired) electrons. The maximum absolute atomic E-state index is 13.5. The molecule has 0 heterocycles. The Balaban J connectivity index is 5.50. The van der Waals surface area contributed by atoms with Crippen LogP contribution in [0.2, 0.25) is 0 Å². The van der Waals surface area contributed by atoms with Gasteiger partial charge >= 0.3 is 12.1 Å². The van der Waals surface area contributed by atoms with Crippen molar-refractivity contribution in [1.29, 1.82) is 0 Å². The quantitative estimate of drug-likeness (QED) is 0.658. The third kappa shape index (κ3) is 8.46. The second-order valence-corrected chi connectivity index (χ2v) is 9.78. The van der Waals surface area contributed by atoms with Crippen molar-refractivity contribution in [1.82, 2.24) is 4.72 Å². The highest BCUT2D eigenvalue weighted by Crippen LogP contribution is 2.31. The summed E-state index contributed by atoms with van der Waals surface area (Å²) in [5.74, 6) is -2.46. The normalized spacial score (nSPS) is 17.0. The standard InChI is InChI=1S/C16H30F3NO3S/c1-10(2)8-12(14(21)23-9-11(3)4)13(16(17,18)19)20-24(22)15(5,6)7/h10-13,20H,8-9H2,1-7H3/t12-,13-,24-/m0/s1. The van der Waals surface area contributed by atoms with E-state index in [4.69, 9.17) is 4.74 Å². The van der Waals surface area contributed by atoms with Gasteiger partial charge in [0.05, 0.1) is 28.3 Å². The highest BCUT2D eigenvalue weighted by molar-refractivity contribution is 7.84. The van der Waals surface area contributed by atoms with Gasteiger partial charge in [0.2, 0.25) is 0 Å². The van der Waals surface area contributed by atoms with Crippen LogP contribution >= 0.6 is 0 Å². The molecule has 4 nitrogen and oxygen atoms in total. The molecule has 24 heavy (non-hydrogen) atoms. The van der Waals surface area contributed by atoms with Gasteiger partial charge in [-0.15, -0.1) is 0 Å². The van der Waals surface area contributed by atoms with Crippen molar-refractivity contribution in [3.63, 3.8) is 0 Å². The van der Waals surface area contributed by atoms with Crippen LogP contribution in [-0.2, 0) is 20.5 Å².